The summed E-state index contributed by atoms with van der Waals surface area (Å²) in [6.07, 6.45) is 3.24. The Bertz CT molecular complexity index is 755. The van der Waals surface area contributed by atoms with Crippen molar-refractivity contribution in [1.29, 1.82) is 5.26 Å². The van der Waals surface area contributed by atoms with Crippen molar-refractivity contribution in [2.75, 3.05) is 14.2 Å². The molecule has 2 aromatic carbocycles. The molecule has 23 heavy (non-hydrogen) atoms. The first-order chi connectivity index (χ1) is 11.2. The largest absolute Gasteiger partial charge is 0.496 e. The molecule has 0 aliphatic heterocycles. The molecule has 0 N–H and O–H groups in total. The Morgan fingerprint density at radius 1 is 1.17 bits per heavy atom. The van der Waals surface area contributed by atoms with Gasteiger partial charge in [0, 0.05) is 18.2 Å². The Morgan fingerprint density at radius 2 is 1.91 bits per heavy atom. The summed E-state index contributed by atoms with van der Waals surface area (Å²) in [5.41, 5.74) is 2.85. The third-order valence-corrected chi connectivity index (χ3v) is 3.33. The van der Waals surface area contributed by atoms with E-state index in [9.17, 15) is 4.79 Å². The van der Waals surface area contributed by atoms with Gasteiger partial charge in [-0.15, -0.1) is 0 Å². The van der Waals surface area contributed by atoms with Crippen LogP contribution in [0.1, 0.15) is 27.0 Å². The number of hydrogen-bond acceptors (Lipinski definition) is 4. The SMILES string of the molecule is COCc1cc(C(=O)C=Cc2ccc(C#N)cc2)ccc1OC. The average molecular weight is 307 g/mol. The maximum Gasteiger partial charge on any atom is 0.185 e. The highest BCUT2D eigenvalue weighted by atomic mass is 16.5. The van der Waals surface area contributed by atoms with E-state index < -0.39 is 0 Å². The van der Waals surface area contributed by atoms with Crippen molar-refractivity contribution in [1.82, 2.24) is 0 Å². The number of allylic oxidation sites excluding steroid dienone is 1. The normalized spacial score (nSPS) is 10.5. The predicted octanol–water partition coefficient (Wildman–Crippen LogP) is 3.61. The number of benzene rings is 2. The number of methoxy groups -OCH3 is 2. The zero-order valence-electron chi connectivity index (χ0n) is 13.1. The van der Waals surface area contributed by atoms with Crippen LogP contribution in [0.25, 0.3) is 6.08 Å². The van der Waals surface area contributed by atoms with Crippen molar-refractivity contribution in [3.8, 4) is 11.8 Å². The van der Waals surface area contributed by atoms with E-state index in [1.165, 1.54) is 6.08 Å². The fraction of sp³-hybridized carbons (Fsp3) is 0.158. The number of carbonyl (C=O) groups is 1. The summed E-state index contributed by atoms with van der Waals surface area (Å²) in [5, 5.41) is 8.77. The van der Waals surface area contributed by atoms with Gasteiger partial charge in [0.2, 0.25) is 0 Å². The van der Waals surface area contributed by atoms with Gasteiger partial charge in [0.1, 0.15) is 5.75 Å². The van der Waals surface area contributed by atoms with E-state index >= 15 is 0 Å². The molecule has 0 aliphatic rings. The van der Waals surface area contributed by atoms with Crippen LogP contribution < -0.4 is 4.74 Å². The summed E-state index contributed by atoms with van der Waals surface area (Å²) in [4.78, 5) is 12.3. The van der Waals surface area contributed by atoms with Crippen LogP contribution >= 0.6 is 0 Å². The minimum absolute atomic E-state index is 0.102. The fourth-order valence-corrected chi connectivity index (χ4v) is 2.14. The van der Waals surface area contributed by atoms with Crippen molar-refractivity contribution in [2.45, 2.75) is 6.61 Å². The van der Waals surface area contributed by atoms with Gasteiger partial charge in [-0.3, -0.25) is 4.79 Å². The lowest BCUT2D eigenvalue weighted by molar-refractivity contribution is 0.104. The molecule has 0 unspecified atom stereocenters. The van der Waals surface area contributed by atoms with Gasteiger partial charge in [-0.2, -0.15) is 5.26 Å². The van der Waals surface area contributed by atoms with Gasteiger partial charge < -0.3 is 9.47 Å². The number of nitriles is 1. The van der Waals surface area contributed by atoms with Crippen LogP contribution in [-0.2, 0) is 11.3 Å². The average Bonchev–Trinajstić information content (AvgIpc) is 2.60. The van der Waals surface area contributed by atoms with Crippen LogP contribution in [-0.4, -0.2) is 20.0 Å². The smallest absolute Gasteiger partial charge is 0.185 e. The zero-order valence-corrected chi connectivity index (χ0v) is 13.1. The zero-order chi connectivity index (χ0) is 16.7. The molecule has 2 rings (SSSR count). The summed E-state index contributed by atoms with van der Waals surface area (Å²) in [7, 11) is 3.18. The molecule has 4 heteroatoms. The van der Waals surface area contributed by atoms with Crippen LogP contribution in [0, 0.1) is 11.3 Å². The first kappa shape index (κ1) is 16.5. The second-order valence-corrected chi connectivity index (χ2v) is 4.89. The highest BCUT2D eigenvalue weighted by molar-refractivity contribution is 6.07. The van der Waals surface area contributed by atoms with Crippen molar-refractivity contribution < 1.29 is 14.3 Å². The second-order valence-electron chi connectivity index (χ2n) is 4.89. The van der Waals surface area contributed by atoms with Gasteiger partial charge in [0.25, 0.3) is 0 Å². The number of hydrogen-bond donors (Lipinski definition) is 0. The van der Waals surface area contributed by atoms with Gasteiger partial charge in [0.15, 0.2) is 5.78 Å². The maximum absolute atomic E-state index is 12.3. The van der Waals surface area contributed by atoms with Crippen LogP contribution in [0.3, 0.4) is 0 Å². The minimum atomic E-state index is -0.102. The summed E-state index contributed by atoms with van der Waals surface area (Å²) < 4.78 is 10.4. The van der Waals surface area contributed by atoms with Gasteiger partial charge in [-0.25, -0.2) is 0 Å². The van der Waals surface area contributed by atoms with Gasteiger partial charge in [0.05, 0.1) is 25.3 Å². The Labute approximate surface area is 135 Å². The predicted molar refractivity (Wildman–Crippen MR) is 88.2 cm³/mol. The molecule has 4 nitrogen and oxygen atoms in total. The quantitative estimate of drug-likeness (QED) is 0.604. The first-order valence-electron chi connectivity index (χ1n) is 7.06. The molecular formula is C19H17NO3. The van der Waals surface area contributed by atoms with E-state index in [4.69, 9.17) is 14.7 Å². The molecule has 0 saturated carbocycles. The summed E-state index contributed by atoms with van der Waals surface area (Å²) in [5.74, 6) is 0.592. The Kier molecular flexibility index (Phi) is 5.67. The Morgan fingerprint density at radius 3 is 2.52 bits per heavy atom. The molecule has 0 fully saturated rings. The van der Waals surface area contributed by atoms with E-state index in [1.54, 1.807) is 62.8 Å². The van der Waals surface area contributed by atoms with Crippen molar-refractivity contribution in [2.24, 2.45) is 0 Å². The van der Waals surface area contributed by atoms with Crippen LogP contribution in [0.5, 0.6) is 5.75 Å². The number of ether oxygens (including phenoxy) is 2. The lowest BCUT2D eigenvalue weighted by Crippen LogP contribution is -1.99. The van der Waals surface area contributed by atoms with Gasteiger partial charge >= 0.3 is 0 Å². The first-order valence-corrected chi connectivity index (χ1v) is 7.06. The van der Waals surface area contributed by atoms with Crippen molar-refractivity contribution >= 4 is 11.9 Å². The number of rotatable bonds is 6. The van der Waals surface area contributed by atoms with Crippen LogP contribution in [0.4, 0.5) is 0 Å². The van der Waals surface area contributed by atoms with E-state index in [-0.39, 0.29) is 5.78 Å². The molecule has 116 valence electrons. The molecule has 0 radical (unpaired) electrons. The Balaban J connectivity index is 2.17. The molecule has 0 aromatic heterocycles. The van der Waals surface area contributed by atoms with Gasteiger partial charge in [-0.1, -0.05) is 18.2 Å². The minimum Gasteiger partial charge on any atom is -0.496 e. The standard InChI is InChI=1S/C19H17NO3/c1-22-13-17-11-16(8-10-19(17)23-2)18(21)9-7-14-3-5-15(12-20)6-4-14/h3-11H,13H2,1-2H3. The molecule has 0 heterocycles. The number of carbonyl (C=O) groups excluding carboxylic acids is 1. The maximum atomic E-state index is 12.3. The van der Waals surface area contributed by atoms with Crippen molar-refractivity contribution in [3.05, 3.63) is 70.8 Å². The summed E-state index contributed by atoms with van der Waals surface area (Å²) in [6.45, 7) is 0.379. The van der Waals surface area contributed by atoms with E-state index in [1.807, 2.05) is 0 Å². The van der Waals surface area contributed by atoms with E-state index in [0.29, 0.717) is 23.5 Å². The van der Waals surface area contributed by atoms with Crippen LogP contribution in [0.15, 0.2) is 48.5 Å². The molecule has 0 atom stereocenters. The summed E-state index contributed by atoms with van der Waals surface area (Å²) >= 11 is 0. The molecular weight excluding hydrogens is 290 g/mol. The third kappa shape index (κ3) is 4.29. The molecule has 0 amide bonds. The number of ketones is 1. The lowest BCUT2D eigenvalue weighted by Gasteiger charge is -2.08. The van der Waals surface area contributed by atoms with E-state index in [0.717, 1.165) is 11.1 Å². The van der Waals surface area contributed by atoms with Crippen LogP contribution in [0.2, 0.25) is 0 Å². The third-order valence-electron chi connectivity index (χ3n) is 3.33. The lowest BCUT2D eigenvalue weighted by atomic mass is 10.0. The topological polar surface area (TPSA) is 59.3 Å². The number of nitrogens with zero attached hydrogens (tertiary/aromatic N) is 1. The molecule has 0 aliphatic carbocycles. The molecule has 0 bridgehead atoms. The highest BCUT2D eigenvalue weighted by Crippen LogP contribution is 2.21. The monoisotopic (exact) mass is 307 g/mol. The second kappa shape index (κ2) is 7.92. The highest BCUT2D eigenvalue weighted by Gasteiger charge is 2.08. The molecule has 0 spiro atoms. The molecule has 0 saturated heterocycles. The summed E-state index contributed by atoms with van der Waals surface area (Å²) in [6, 6.07) is 14.3. The van der Waals surface area contributed by atoms with E-state index in [2.05, 4.69) is 6.07 Å². The van der Waals surface area contributed by atoms with Gasteiger partial charge in [-0.05, 0) is 42.0 Å². The molecule has 2 aromatic rings. The Hall–Kier alpha value is -2.90. The fourth-order valence-electron chi connectivity index (χ4n) is 2.14. The van der Waals surface area contributed by atoms with Crippen molar-refractivity contribution in [3.63, 3.8) is 0 Å².